The highest BCUT2D eigenvalue weighted by molar-refractivity contribution is 5.69. The zero-order valence-electron chi connectivity index (χ0n) is 9.60. The van der Waals surface area contributed by atoms with E-state index in [2.05, 4.69) is 34.2 Å². The Morgan fingerprint density at radius 3 is 2.71 bits per heavy atom. The average Bonchev–Trinajstić information content (AvgIpc) is 2.68. The van der Waals surface area contributed by atoms with E-state index in [0.717, 1.165) is 11.4 Å². The van der Waals surface area contributed by atoms with Crippen LogP contribution in [0.3, 0.4) is 0 Å². The number of aryl methyl sites for hydroxylation is 1. The second-order valence-corrected chi connectivity index (χ2v) is 4.09. The van der Waals surface area contributed by atoms with E-state index in [1.165, 1.54) is 5.56 Å². The molecule has 0 atom stereocenters. The predicted molar refractivity (Wildman–Crippen MR) is 63.9 cm³/mol. The summed E-state index contributed by atoms with van der Waals surface area (Å²) in [5.41, 5.74) is 3.02. The Hall–Kier alpha value is -2.10. The van der Waals surface area contributed by atoms with Crippen LogP contribution in [-0.4, -0.2) is 21.0 Å². The number of aliphatic carboxylic acids is 1. The van der Waals surface area contributed by atoms with Crippen LogP contribution in [0.5, 0.6) is 0 Å². The molecular weight excluding hydrogens is 216 g/mol. The second-order valence-electron chi connectivity index (χ2n) is 4.09. The Bertz CT molecular complexity index is 514. The number of aromatic nitrogens is 2. The molecule has 0 amide bonds. The highest BCUT2D eigenvalue weighted by Crippen LogP contribution is 2.08. The number of aromatic amines is 1. The molecule has 4 nitrogen and oxygen atoms in total. The minimum absolute atomic E-state index is 0.0130. The van der Waals surface area contributed by atoms with Gasteiger partial charge in [-0.25, -0.2) is 4.98 Å². The van der Waals surface area contributed by atoms with Crippen molar-refractivity contribution in [3.05, 3.63) is 53.1 Å². The maximum atomic E-state index is 10.5. The van der Waals surface area contributed by atoms with Crippen LogP contribution in [0, 0.1) is 6.92 Å². The molecule has 2 aromatic rings. The Morgan fingerprint density at radius 1 is 1.35 bits per heavy atom. The normalized spacial score (nSPS) is 10.4. The monoisotopic (exact) mass is 230 g/mol. The van der Waals surface area contributed by atoms with Crippen molar-refractivity contribution >= 4 is 5.97 Å². The van der Waals surface area contributed by atoms with E-state index in [4.69, 9.17) is 5.11 Å². The summed E-state index contributed by atoms with van der Waals surface area (Å²) in [4.78, 5) is 17.7. The van der Waals surface area contributed by atoms with Gasteiger partial charge in [0.1, 0.15) is 5.82 Å². The largest absolute Gasteiger partial charge is 0.481 e. The molecule has 2 N–H and O–H groups in total. The topological polar surface area (TPSA) is 66.0 Å². The lowest BCUT2D eigenvalue weighted by Crippen LogP contribution is -2.00. The molecule has 88 valence electrons. The summed E-state index contributed by atoms with van der Waals surface area (Å²) >= 11 is 0. The lowest BCUT2D eigenvalue weighted by molar-refractivity contribution is -0.136. The number of nitrogens with one attached hydrogen (secondary N) is 1. The standard InChI is InChI=1S/C13H14N2O2/c1-9-2-4-10(5-3-9)6-12-14-8-11(15-12)7-13(16)17/h2-5,8H,6-7H2,1H3,(H,14,15)(H,16,17). The molecule has 0 saturated carbocycles. The third kappa shape index (κ3) is 3.17. The number of carbonyl (C=O) groups is 1. The molecule has 0 aliphatic rings. The highest BCUT2D eigenvalue weighted by Gasteiger charge is 2.05. The van der Waals surface area contributed by atoms with E-state index in [9.17, 15) is 4.79 Å². The fourth-order valence-corrected chi connectivity index (χ4v) is 1.65. The molecule has 1 aromatic heterocycles. The van der Waals surface area contributed by atoms with Gasteiger partial charge in [-0.3, -0.25) is 4.79 Å². The second kappa shape index (κ2) is 4.82. The van der Waals surface area contributed by atoms with E-state index < -0.39 is 5.97 Å². The van der Waals surface area contributed by atoms with Crippen molar-refractivity contribution in [3.8, 4) is 0 Å². The first-order chi connectivity index (χ1) is 8.13. The number of H-pyrrole nitrogens is 1. The molecule has 0 bridgehead atoms. The molecule has 0 aliphatic heterocycles. The smallest absolute Gasteiger partial charge is 0.309 e. The molecule has 0 radical (unpaired) electrons. The fraction of sp³-hybridized carbons (Fsp3) is 0.231. The molecule has 0 spiro atoms. The molecule has 1 aromatic carbocycles. The highest BCUT2D eigenvalue weighted by atomic mass is 16.4. The average molecular weight is 230 g/mol. The summed E-state index contributed by atoms with van der Waals surface area (Å²) in [6.07, 6.45) is 2.26. The Kier molecular flexibility index (Phi) is 3.23. The third-order valence-corrected chi connectivity index (χ3v) is 2.51. The van der Waals surface area contributed by atoms with Crippen LogP contribution in [0.25, 0.3) is 0 Å². The van der Waals surface area contributed by atoms with Crippen molar-refractivity contribution in [2.24, 2.45) is 0 Å². The summed E-state index contributed by atoms with van der Waals surface area (Å²) < 4.78 is 0. The molecule has 0 aliphatic carbocycles. The van der Waals surface area contributed by atoms with Crippen LogP contribution in [0.15, 0.2) is 30.5 Å². The summed E-state index contributed by atoms with van der Waals surface area (Å²) in [6.45, 7) is 2.04. The summed E-state index contributed by atoms with van der Waals surface area (Å²) in [7, 11) is 0. The first kappa shape index (κ1) is 11.4. The Labute approximate surface area is 99.3 Å². The van der Waals surface area contributed by atoms with Crippen LogP contribution in [0.2, 0.25) is 0 Å². The van der Waals surface area contributed by atoms with Crippen LogP contribution in [0.1, 0.15) is 22.6 Å². The van der Waals surface area contributed by atoms with Crippen LogP contribution < -0.4 is 0 Å². The van der Waals surface area contributed by atoms with E-state index in [0.29, 0.717) is 12.1 Å². The van der Waals surface area contributed by atoms with Gasteiger partial charge in [0.15, 0.2) is 0 Å². The number of imidazole rings is 1. The van der Waals surface area contributed by atoms with Crippen molar-refractivity contribution in [1.82, 2.24) is 9.97 Å². The summed E-state index contributed by atoms with van der Waals surface area (Å²) in [6, 6.07) is 8.20. The molecular formula is C13H14N2O2. The molecule has 17 heavy (non-hydrogen) atoms. The van der Waals surface area contributed by atoms with Gasteiger partial charge in [-0.05, 0) is 12.5 Å². The van der Waals surface area contributed by atoms with Gasteiger partial charge in [0.05, 0.1) is 6.42 Å². The predicted octanol–water partition coefficient (Wildman–Crippen LogP) is 1.94. The lowest BCUT2D eigenvalue weighted by atomic mass is 10.1. The van der Waals surface area contributed by atoms with Gasteiger partial charge in [0, 0.05) is 18.3 Å². The molecule has 4 heteroatoms. The first-order valence-electron chi connectivity index (χ1n) is 5.43. The number of carboxylic acids is 1. The van der Waals surface area contributed by atoms with Gasteiger partial charge in [0.25, 0.3) is 0 Å². The van der Waals surface area contributed by atoms with Crippen molar-refractivity contribution in [2.45, 2.75) is 19.8 Å². The zero-order valence-corrected chi connectivity index (χ0v) is 9.60. The molecule has 1 heterocycles. The number of rotatable bonds is 4. The number of hydrogen-bond donors (Lipinski definition) is 2. The van der Waals surface area contributed by atoms with E-state index in [1.807, 2.05) is 6.92 Å². The van der Waals surface area contributed by atoms with Gasteiger partial charge in [-0.1, -0.05) is 29.8 Å². The van der Waals surface area contributed by atoms with Crippen molar-refractivity contribution in [3.63, 3.8) is 0 Å². The maximum Gasteiger partial charge on any atom is 0.309 e. The third-order valence-electron chi connectivity index (χ3n) is 2.51. The van der Waals surface area contributed by atoms with Gasteiger partial charge < -0.3 is 10.1 Å². The van der Waals surface area contributed by atoms with Gasteiger partial charge in [0.2, 0.25) is 0 Å². The minimum atomic E-state index is -0.851. The van der Waals surface area contributed by atoms with Crippen LogP contribution in [0.4, 0.5) is 0 Å². The minimum Gasteiger partial charge on any atom is -0.481 e. The quantitative estimate of drug-likeness (QED) is 0.843. The summed E-state index contributed by atoms with van der Waals surface area (Å²) in [5.74, 6) is -0.0550. The molecule has 0 unspecified atom stereocenters. The fourth-order valence-electron chi connectivity index (χ4n) is 1.65. The van der Waals surface area contributed by atoms with E-state index >= 15 is 0 Å². The molecule has 2 rings (SSSR count). The maximum absolute atomic E-state index is 10.5. The Morgan fingerprint density at radius 2 is 2.06 bits per heavy atom. The number of hydrogen-bond acceptors (Lipinski definition) is 2. The van der Waals surface area contributed by atoms with E-state index in [-0.39, 0.29) is 6.42 Å². The molecule has 0 fully saturated rings. The van der Waals surface area contributed by atoms with Crippen LogP contribution in [-0.2, 0) is 17.6 Å². The van der Waals surface area contributed by atoms with Gasteiger partial charge >= 0.3 is 5.97 Å². The lowest BCUT2D eigenvalue weighted by Gasteiger charge is -1.99. The number of nitrogens with zero attached hydrogens (tertiary/aromatic N) is 1. The van der Waals surface area contributed by atoms with E-state index in [1.54, 1.807) is 6.20 Å². The Balaban J connectivity index is 2.06. The summed E-state index contributed by atoms with van der Waals surface area (Å²) in [5, 5.41) is 8.65. The van der Waals surface area contributed by atoms with Crippen molar-refractivity contribution in [2.75, 3.05) is 0 Å². The van der Waals surface area contributed by atoms with Crippen molar-refractivity contribution in [1.29, 1.82) is 0 Å². The number of carboxylic acid groups (broad SMARTS) is 1. The van der Waals surface area contributed by atoms with Gasteiger partial charge in [-0.15, -0.1) is 0 Å². The van der Waals surface area contributed by atoms with Crippen molar-refractivity contribution < 1.29 is 9.90 Å². The van der Waals surface area contributed by atoms with Gasteiger partial charge in [-0.2, -0.15) is 0 Å². The zero-order chi connectivity index (χ0) is 12.3. The van der Waals surface area contributed by atoms with Crippen LogP contribution >= 0.6 is 0 Å². The number of benzene rings is 1. The SMILES string of the molecule is Cc1ccc(Cc2ncc(CC(=O)O)[nH]2)cc1. The first-order valence-corrected chi connectivity index (χ1v) is 5.43. The molecule has 0 saturated heterocycles.